The lowest BCUT2D eigenvalue weighted by molar-refractivity contribution is -0.117. The number of carbonyl (C=O) groups is 2. The predicted molar refractivity (Wildman–Crippen MR) is 115 cm³/mol. The van der Waals surface area contributed by atoms with Gasteiger partial charge in [0, 0.05) is 50.0 Å². The lowest BCUT2D eigenvalue weighted by Crippen LogP contribution is -2.33. The molecule has 2 amide bonds. The first kappa shape index (κ1) is 19.9. The van der Waals surface area contributed by atoms with Crippen LogP contribution in [0.4, 0.5) is 17.1 Å². The van der Waals surface area contributed by atoms with Crippen molar-refractivity contribution >= 4 is 28.9 Å². The van der Waals surface area contributed by atoms with Crippen LogP contribution in [0.5, 0.6) is 0 Å². The number of benzene rings is 2. The zero-order valence-electron chi connectivity index (χ0n) is 16.7. The predicted octanol–water partition coefficient (Wildman–Crippen LogP) is 4.30. The molecule has 3 rings (SSSR count). The van der Waals surface area contributed by atoms with Gasteiger partial charge in [0.1, 0.15) is 0 Å². The molecule has 0 unspecified atom stereocenters. The molecule has 0 atom stereocenters. The zero-order valence-corrected chi connectivity index (χ0v) is 16.7. The van der Waals surface area contributed by atoms with Crippen LogP contribution >= 0.6 is 0 Å². The highest BCUT2D eigenvalue weighted by Crippen LogP contribution is 2.25. The number of anilines is 3. The van der Waals surface area contributed by atoms with E-state index in [1.54, 1.807) is 4.90 Å². The van der Waals surface area contributed by atoms with E-state index in [2.05, 4.69) is 29.3 Å². The number of nitrogens with one attached hydrogen (secondary N) is 1. The Balaban J connectivity index is 1.59. The average Bonchev–Trinajstić information content (AvgIpc) is 2.70. The molecule has 0 aromatic heterocycles. The topological polar surface area (TPSA) is 52.7 Å². The Labute approximate surface area is 167 Å². The molecule has 0 spiro atoms. The van der Waals surface area contributed by atoms with Crippen molar-refractivity contribution in [3.63, 3.8) is 0 Å². The van der Waals surface area contributed by atoms with Crippen LogP contribution in [0.3, 0.4) is 0 Å². The maximum absolute atomic E-state index is 12.2. The first-order valence-electron chi connectivity index (χ1n) is 10.0. The molecule has 5 heteroatoms. The van der Waals surface area contributed by atoms with Crippen molar-refractivity contribution in [2.75, 3.05) is 34.8 Å². The summed E-state index contributed by atoms with van der Waals surface area (Å²) in [5.74, 6) is 0.634. The third kappa shape index (κ3) is 5.35. The highest BCUT2D eigenvalue weighted by molar-refractivity contribution is 5.94. The van der Waals surface area contributed by atoms with E-state index >= 15 is 0 Å². The standard InChI is InChI=1S/C23H29N3O2/c1-18-12-15-25(16-13-18)21-8-10-22(11-9-21)26(19(2)27)17-14-23(28)24-20-6-4-3-5-7-20/h3-11,18H,12-17H2,1-2H3,(H,24,28). The van der Waals surface area contributed by atoms with Crippen LogP contribution in [0.25, 0.3) is 0 Å². The van der Waals surface area contributed by atoms with E-state index in [1.807, 2.05) is 42.5 Å². The monoisotopic (exact) mass is 379 g/mol. The average molecular weight is 380 g/mol. The van der Waals surface area contributed by atoms with Gasteiger partial charge in [0.05, 0.1) is 0 Å². The Bertz CT molecular complexity index is 781. The van der Waals surface area contributed by atoms with Crippen LogP contribution in [0.2, 0.25) is 0 Å². The second-order valence-corrected chi connectivity index (χ2v) is 7.52. The summed E-state index contributed by atoms with van der Waals surface area (Å²) in [4.78, 5) is 28.4. The molecule has 1 heterocycles. The zero-order chi connectivity index (χ0) is 19.9. The molecule has 1 aliphatic rings. The third-order valence-electron chi connectivity index (χ3n) is 5.31. The van der Waals surface area contributed by atoms with Crippen molar-refractivity contribution in [1.82, 2.24) is 0 Å². The van der Waals surface area contributed by atoms with Gasteiger partial charge >= 0.3 is 0 Å². The Hall–Kier alpha value is -2.82. The van der Waals surface area contributed by atoms with Crippen molar-refractivity contribution in [3.05, 3.63) is 54.6 Å². The minimum absolute atomic E-state index is 0.0629. The minimum atomic E-state index is -0.100. The molecule has 5 nitrogen and oxygen atoms in total. The molecule has 0 saturated carbocycles. The van der Waals surface area contributed by atoms with E-state index in [-0.39, 0.29) is 18.2 Å². The van der Waals surface area contributed by atoms with Crippen molar-refractivity contribution < 1.29 is 9.59 Å². The SMILES string of the molecule is CC(=O)N(CCC(=O)Nc1ccccc1)c1ccc(N2CCC(C)CC2)cc1. The van der Waals surface area contributed by atoms with E-state index in [1.165, 1.54) is 25.5 Å². The fourth-order valence-corrected chi connectivity index (χ4v) is 3.54. The Morgan fingerprint density at radius 3 is 2.29 bits per heavy atom. The molecule has 2 aromatic rings. The summed E-state index contributed by atoms with van der Waals surface area (Å²) in [5, 5.41) is 2.86. The largest absolute Gasteiger partial charge is 0.372 e. The van der Waals surface area contributed by atoms with Crippen molar-refractivity contribution in [2.24, 2.45) is 5.92 Å². The van der Waals surface area contributed by atoms with Gasteiger partial charge in [0.15, 0.2) is 0 Å². The van der Waals surface area contributed by atoms with Gasteiger partial charge in [-0.1, -0.05) is 25.1 Å². The van der Waals surface area contributed by atoms with Gasteiger partial charge < -0.3 is 15.1 Å². The van der Waals surface area contributed by atoms with Gasteiger partial charge in [-0.15, -0.1) is 0 Å². The van der Waals surface area contributed by atoms with Crippen LogP contribution in [0, 0.1) is 5.92 Å². The molecule has 1 aliphatic heterocycles. The molecular formula is C23H29N3O2. The smallest absolute Gasteiger partial charge is 0.226 e. The molecule has 1 N–H and O–H groups in total. The van der Waals surface area contributed by atoms with E-state index < -0.39 is 0 Å². The number of amides is 2. The minimum Gasteiger partial charge on any atom is -0.372 e. The maximum atomic E-state index is 12.2. The summed E-state index contributed by atoms with van der Waals surface area (Å²) in [5.41, 5.74) is 2.79. The van der Waals surface area contributed by atoms with Gasteiger partial charge in [0.2, 0.25) is 11.8 Å². The lowest BCUT2D eigenvalue weighted by atomic mass is 9.99. The van der Waals surface area contributed by atoms with Crippen LogP contribution in [-0.2, 0) is 9.59 Å². The van der Waals surface area contributed by atoms with Gasteiger partial charge in [-0.25, -0.2) is 0 Å². The second kappa shape index (κ2) is 9.40. The van der Waals surface area contributed by atoms with Crippen LogP contribution in [0.1, 0.15) is 33.1 Å². The van der Waals surface area contributed by atoms with Crippen LogP contribution < -0.4 is 15.1 Å². The number of rotatable bonds is 6. The second-order valence-electron chi connectivity index (χ2n) is 7.52. The highest BCUT2D eigenvalue weighted by atomic mass is 16.2. The number of piperidine rings is 1. The molecule has 28 heavy (non-hydrogen) atoms. The summed E-state index contributed by atoms with van der Waals surface area (Å²) in [6.07, 6.45) is 2.69. The summed E-state index contributed by atoms with van der Waals surface area (Å²) in [7, 11) is 0. The summed E-state index contributed by atoms with van der Waals surface area (Å²) in [6, 6.07) is 17.5. The third-order valence-corrected chi connectivity index (χ3v) is 5.31. The van der Waals surface area contributed by atoms with Crippen molar-refractivity contribution in [1.29, 1.82) is 0 Å². The molecule has 0 bridgehead atoms. The van der Waals surface area contributed by atoms with E-state index in [0.717, 1.165) is 30.4 Å². The van der Waals surface area contributed by atoms with Crippen molar-refractivity contribution in [3.8, 4) is 0 Å². The molecule has 1 saturated heterocycles. The highest BCUT2D eigenvalue weighted by Gasteiger charge is 2.17. The molecule has 148 valence electrons. The van der Waals surface area contributed by atoms with E-state index in [9.17, 15) is 9.59 Å². The molecule has 1 fully saturated rings. The van der Waals surface area contributed by atoms with Crippen LogP contribution in [-0.4, -0.2) is 31.4 Å². The van der Waals surface area contributed by atoms with Gasteiger partial charge in [-0.05, 0) is 55.2 Å². The lowest BCUT2D eigenvalue weighted by Gasteiger charge is -2.32. The maximum Gasteiger partial charge on any atom is 0.226 e. The van der Waals surface area contributed by atoms with Crippen molar-refractivity contribution in [2.45, 2.75) is 33.1 Å². The number of carbonyl (C=O) groups excluding carboxylic acids is 2. The Morgan fingerprint density at radius 1 is 1.04 bits per heavy atom. The first-order chi connectivity index (χ1) is 13.5. The van der Waals surface area contributed by atoms with Gasteiger partial charge in [-0.3, -0.25) is 9.59 Å². The normalized spacial score (nSPS) is 14.6. The van der Waals surface area contributed by atoms with E-state index in [4.69, 9.17) is 0 Å². The molecule has 0 radical (unpaired) electrons. The molecule has 0 aliphatic carbocycles. The first-order valence-corrected chi connectivity index (χ1v) is 10.0. The quantitative estimate of drug-likeness (QED) is 0.814. The number of hydrogen-bond acceptors (Lipinski definition) is 3. The summed E-state index contributed by atoms with van der Waals surface area (Å²) in [6.45, 7) is 6.36. The molecular weight excluding hydrogens is 350 g/mol. The number of nitrogens with zero attached hydrogens (tertiary/aromatic N) is 2. The summed E-state index contributed by atoms with van der Waals surface area (Å²) >= 11 is 0. The van der Waals surface area contributed by atoms with Crippen LogP contribution in [0.15, 0.2) is 54.6 Å². The fraction of sp³-hybridized carbons (Fsp3) is 0.391. The fourth-order valence-electron chi connectivity index (χ4n) is 3.54. The summed E-state index contributed by atoms with van der Waals surface area (Å²) < 4.78 is 0. The van der Waals surface area contributed by atoms with Gasteiger partial charge in [0.25, 0.3) is 0 Å². The Kier molecular flexibility index (Phi) is 6.69. The molecule has 2 aromatic carbocycles. The Morgan fingerprint density at radius 2 is 1.68 bits per heavy atom. The number of para-hydroxylation sites is 1. The van der Waals surface area contributed by atoms with Gasteiger partial charge in [-0.2, -0.15) is 0 Å². The number of hydrogen-bond donors (Lipinski definition) is 1. The van der Waals surface area contributed by atoms with E-state index in [0.29, 0.717) is 6.54 Å².